The lowest BCUT2D eigenvalue weighted by Crippen LogP contribution is -2.17. The monoisotopic (exact) mass is 431 g/mol. The molecule has 3 rings (SSSR count). The van der Waals surface area contributed by atoms with Crippen LogP contribution in [0.15, 0.2) is 58.9 Å². The zero-order valence-electron chi connectivity index (χ0n) is 16.1. The Labute approximate surface area is 172 Å². The highest BCUT2D eigenvalue weighted by molar-refractivity contribution is 7.89. The summed E-state index contributed by atoms with van der Waals surface area (Å²) >= 11 is 1.22. The Kier molecular flexibility index (Phi) is 6.02. The zero-order chi connectivity index (χ0) is 21.2. The summed E-state index contributed by atoms with van der Waals surface area (Å²) in [5.74, 6) is 0.303. The van der Waals surface area contributed by atoms with Crippen LogP contribution < -0.4 is 14.7 Å². The normalized spacial score (nSPS) is 12.3. The van der Waals surface area contributed by atoms with Gasteiger partial charge in [-0.1, -0.05) is 35.1 Å². The van der Waals surface area contributed by atoms with Crippen molar-refractivity contribution >= 4 is 37.5 Å². The summed E-state index contributed by atoms with van der Waals surface area (Å²) in [5.41, 5.74) is 2.53. The second kappa shape index (κ2) is 8.32. The second-order valence-corrected chi connectivity index (χ2v) is 9.03. The second-order valence-electron chi connectivity index (χ2n) is 6.46. The maximum atomic E-state index is 12.7. The van der Waals surface area contributed by atoms with E-state index in [2.05, 4.69) is 11.6 Å². The molecule has 2 aromatic carbocycles. The van der Waals surface area contributed by atoms with Crippen LogP contribution in [-0.2, 0) is 27.8 Å². The largest absolute Gasteiger partial charge is 0.496 e. The molecule has 1 heterocycles. The maximum Gasteiger partial charge on any atom is 0.252 e. The summed E-state index contributed by atoms with van der Waals surface area (Å²) < 4.78 is 31.1. The Morgan fingerprint density at radius 2 is 2.07 bits per heavy atom. The molecule has 0 unspecified atom stereocenters. The number of rotatable bonds is 6. The van der Waals surface area contributed by atoms with Gasteiger partial charge in [-0.3, -0.25) is 4.79 Å². The predicted molar refractivity (Wildman–Crippen MR) is 113 cm³/mol. The van der Waals surface area contributed by atoms with Crippen molar-refractivity contribution in [3.05, 3.63) is 65.0 Å². The smallest absolute Gasteiger partial charge is 0.252 e. The minimum absolute atomic E-state index is 0.0133. The summed E-state index contributed by atoms with van der Waals surface area (Å²) in [6.07, 6.45) is 1.78. The molecule has 0 saturated heterocycles. The number of benzene rings is 2. The minimum Gasteiger partial charge on any atom is -0.496 e. The van der Waals surface area contributed by atoms with E-state index in [1.54, 1.807) is 19.3 Å². The first kappa shape index (κ1) is 21.0. The van der Waals surface area contributed by atoms with Gasteiger partial charge in [0, 0.05) is 12.1 Å². The fourth-order valence-corrected chi connectivity index (χ4v) is 4.69. The summed E-state index contributed by atoms with van der Waals surface area (Å²) in [6, 6.07) is 10.2. The van der Waals surface area contributed by atoms with Crippen molar-refractivity contribution in [3.63, 3.8) is 0 Å². The van der Waals surface area contributed by atoms with Crippen LogP contribution in [-0.4, -0.2) is 26.0 Å². The standard InChI is InChI=1S/C20H21N3O4S2/c1-4-9-23-16-7-6-15(29(21,25)26)12-18(16)28-20(23)22-19(24)11-14-10-13(2)5-8-17(14)27-3/h4-8,10,12H,1,9,11H2,2-3H3,(H2,21,25,26). The van der Waals surface area contributed by atoms with Gasteiger partial charge in [0.05, 0.1) is 28.6 Å². The van der Waals surface area contributed by atoms with Gasteiger partial charge >= 0.3 is 0 Å². The highest BCUT2D eigenvalue weighted by atomic mass is 32.2. The average Bonchev–Trinajstić information content (AvgIpc) is 2.98. The Morgan fingerprint density at radius 1 is 1.31 bits per heavy atom. The number of hydrogen-bond acceptors (Lipinski definition) is 5. The lowest BCUT2D eigenvalue weighted by molar-refractivity contribution is -0.117. The van der Waals surface area contributed by atoms with E-state index in [9.17, 15) is 13.2 Å². The van der Waals surface area contributed by atoms with Gasteiger partial charge in [0.2, 0.25) is 10.0 Å². The van der Waals surface area contributed by atoms with E-state index >= 15 is 0 Å². The van der Waals surface area contributed by atoms with E-state index < -0.39 is 10.0 Å². The molecule has 0 fully saturated rings. The number of aryl methyl sites for hydroxylation is 1. The molecule has 152 valence electrons. The lowest BCUT2D eigenvalue weighted by atomic mass is 10.1. The van der Waals surface area contributed by atoms with E-state index in [1.807, 2.05) is 29.7 Å². The number of allylic oxidation sites excluding steroid dienone is 1. The molecule has 9 heteroatoms. The van der Waals surface area contributed by atoms with Crippen LogP contribution in [0.3, 0.4) is 0 Å². The van der Waals surface area contributed by atoms with Crippen molar-refractivity contribution in [2.45, 2.75) is 24.8 Å². The number of aromatic nitrogens is 1. The predicted octanol–water partition coefficient (Wildman–Crippen LogP) is 2.52. The lowest BCUT2D eigenvalue weighted by Gasteiger charge is -2.07. The summed E-state index contributed by atoms with van der Waals surface area (Å²) in [4.78, 5) is 17.4. The maximum absolute atomic E-state index is 12.7. The van der Waals surface area contributed by atoms with Crippen LogP contribution in [0.4, 0.5) is 0 Å². The van der Waals surface area contributed by atoms with E-state index in [4.69, 9.17) is 9.88 Å². The Bertz CT molecular complexity index is 1270. The van der Waals surface area contributed by atoms with Gasteiger partial charge in [0.25, 0.3) is 5.91 Å². The van der Waals surface area contributed by atoms with Crippen LogP contribution in [0, 0.1) is 6.92 Å². The van der Waals surface area contributed by atoms with E-state index in [-0.39, 0.29) is 17.2 Å². The number of hydrogen-bond donors (Lipinski definition) is 1. The van der Waals surface area contributed by atoms with Crippen molar-refractivity contribution in [1.29, 1.82) is 0 Å². The molecule has 7 nitrogen and oxygen atoms in total. The number of fused-ring (bicyclic) bond motifs is 1. The molecule has 2 N–H and O–H groups in total. The molecule has 0 aliphatic heterocycles. The fourth-order valence-electron chi connectivity index (χ4n) is 2.98. The van der Waals surface area contributed by atoms with Gasteiger partial charge in [-0.05, 0) is 31.2 Å². The topological polar surface area (TPSA) is 104 Å². The minimum atomic E-state index is -3.82. The van der Waals surface area contributed by atoms with Gasteiger partial charge in [-0.25, -0.2) is 13.6 Å². The molecular formula is C20H21N3O4S2. The number of primary sulfonamides is 1. The summed E-state index contributed by atoms with van der Waals surface area (Å²) in [7, 11) is -2.26. The highest BCUT2D eigenvalue weighted by Gasteiger charge is 2.14. The quantitative estimate of drug-likeness (QED) is 0.606. The van der Waals surface area contributed by atoms with Crippen molar-refractivity contribution in [2.75, 3.05) is 7.11 Å². The average molecular weight is 432 g/mol. The third-order valence-corrected chi connectivity index (χ3v) is 6.24. The molecule has 1 aromatic heterocycles. The summed E-state index contributed by atoms with van der Waals surface area (Å²) in [5, 5.41) is 5.22. The molecule has 29 heavy (non-hydrogen) atoms. The molecule has 0 bridgehead atoms. The van der Waals surface area contributed by atoms with Gasteiger partial charge in [-0.15, -0.1) is 6.58 Å². The number of amides is 1. The first-order valence-electron chi connectivity index (χ1n) is 8.71. The van der Waals surface area contributed by atoms with E-state index in [1.165, 1.54) is 23.5 Å². The van der Waals surface area contributed by atoms with Gasteiger partial charge in [0.15, 0.2) is 4.80 Å². The van der Waals surface area contributed by atoms with Gasteiger partial charge in [0.1, 0.15) is 5.75 Å². The molecule has 3 aromatic rings. The number of nitrogens with two attached hydrogens (primary N) is 1. The number of methoxy groups -OCH3 is 1. The molecule has 0 spiro atoms. The molecular weight excluding hydrogens is 410 g/mol. The number of sulfonamides is 1. The number of nitrogens with zero attached hydrogens (tertiary/aromatic N) is 2. The third kappa shape index (κ3) is 4.64. The van der Waals surface area contributed by atoms with Crippen molar-refractivity contribution in [3.8, 4) is 5.75 Å². The third-order valence-electron chi connectivity index (χ3n) is 4.29. The number of carbonyl (C=O) groups excluding carboxylic acids is 1. The van der Waals surface area contributed by atoms with Crippen LogP contribution >= 0.6 is 11.3 Å². The van der Waals surface area contributed by atoms with Gasteiger partial charge < -0.3 is 9.30 Å². The van der Waals surface area contributed by atoms with Crippen LogP contribution in [0.2, 0.25) is 0 Å². The zero-order valence-corrected chi connectivity index (χ0v) is 17.7. The van der Waals surface area contributed by atoms with Crippen LogP contribution in [0.5, 0.6) is 5.75 Å². The van der Waals surface area contributed by atoms with E-state index in [0.717, 1.165) is 16.6 Å². The molecule has 1 amide bonds. The molecule has 0 aliphatic carbocycles. The molecule has 0 saturated carbocycles. The number of ether oxygens (including phenoxy) is 1. The van der Waals surface area contributed by atoms with Crippen molar-refractivity contribution in [2.24, 2.45) is 10.1 Å². The van der Waals surface area contributed by atoms with Crippen LogP contribution in [0.1, 0.15) is 11.1 Å². The Hall–Kier alpha value is -2.75. The number of thiazole rings is 1. The van der Waals surface area contributed by atoms with E-state index in [0.29, 0.717) is 21.8 Å². The Balaban J connectivity index is 2.06. The number of carbonyl (C=O) groups is 1. The first-order chi connectivity index (χ1) is 13.7. The molecule has 0 radical (unpaired) electrons. The fraction of sp³-hybridized carbons (Fsp3) is 0.200. The van der Waals surface area contributed by atoms with Crippen molar-refractivity contribution < 1.29 is 17.9 Å². The van der Waals surface area contributed by atoms with Gasteiger partial charge in [-0.2, -0.15) is 4.99 Å². The summed E-state index contributed by atoms with van der Waals surface area (Å²) in [6.45, 7) is 6.11. The molecule has 0 aliphatic rings. The molecule has 0 atom stereocenters. The van der Waals surface area contributed by atoms with Crippen LogP contribution in [0.25, 0.3) is 10.2 Å². The first-order valence-corrected chi connectivity index (χ1v) is 11.1. The SMILES string of the molecule is C=CCn1c(=NC(=O)Cc2cc(C)ccc2OC)sc2cc(S(N)(=O)=O)ccc21. The Morgan fingerprint density at radius 3 is 2.72 bits per heavy atom. The highest BCUT2D eigenvalue weighted by Crippen LogP contribution is 2.22. The van der Waals surface area contributed by atoms with Crippen molar-refractivity contribution in [1.82, 2.24) is 4.57 Å².